The predicted octanol–water partition coefficient (Wildman–Crippen LogP) is 5.34. The maximum atomic E-state index is 13.4. The number of aromatic nitrogens is 2. The van der Waals surface area contributed by atoms with Crippen molar-refractivity contribution in [1.29, 1.82) is 0 Å². The Balaban J connectivity index is 0.00000256. The van der Waals surface area contributed by atoms with Crippen LogP contribution in [0.1, 0.15) is 32.0 Å². The second kappa shape index (κ2) is 8.36. The van der Waals surface area contributed by atoms with Crippen molar-refractivity contribution in [1.82, 2.24) is 9.78 Å². The summed E-state index contributed by atoms with van der Waals surface area (Å²) >= 11 is 0. The Morgan fingerprint density at radius 2 is 1.93 bits per heavy atom. The average Bonchev–Trinajstić information content (AvgIpc) is 3.27. The van der Waals surface area contributed by atoms with Crippen molar-refractivity contribution >= 4 is 35.6 Å². The van der Waals surface area contributed by atoms with Crippen molar-refractivity contribution in [3.05, 3.63) is 65.6 Å². The molecule has 1 aliphatic rings. The van der Waals surface area contributed by atoms with Crippen molar-refractivity contribution < 1.29 is 9.18 Å². The van der Waals surface area contributed by atoms with Gasteiger partial charge in [-0.3, -0.25) is 5.32 Å². The molecule has 2 aromatic carbocycles. The highest BCUT2D eigenvalue weighted by molar-refractivity contribution is 5.99. The fourth-order valence-corrected chi connectivity index (χ4v) is 3.30. The maximum Gasteiger partial charge on any atom is 0.324 e. The monoisotopic (exact) mass is 429 g/mol. The number of amides is 2. The number of carbonyl (C=O) groups excluding carboxylic acids is 1. The fraction of sp³-hybridized carbons (Fsp3) is 0.273. The van der Waals surface area contributed by atoms with Crippen molar-refractivity contribution in [2.45, 2.75) is 32.6 Å². The van der Waals surface area contributed by atoms with E-state index in [1.807, 2.05) is 18.2 Å². The molecule has 0 saturated heterocycles. The van der Waals surface area contributed by atoms with Gasteiger partial charge in [0.1, 0.15) is 11.6 Å². The first kappa shape index (κ1) is 21.6. The highest BCUT2D eigenvalue weighted by Gasteiger charge is 2.22. The molecule has 30 heavy (non-hydrogen) atoms. The van der Waals surface area contributed by atoms with Crippen LogP contribution >= 0.6 is 12.4 Å². The van der Waals surface area contributed by atoms with E-state index in [2.05, 4.69) is 42.8 Å². The molecule has 158 valence electrons. The van der Waals surface area contributed by atoms with E-state index in [1.165, 1.54) is 17.7 Å². The van der Waals surface area contributed by atoms with E-state index in [4.69, 9.17) is 5.10 Å². The number of anilines is 3. The van der Waals surface area contributed by atoms with Gasteiger partial charge in [0, 0.05) is 29.4 Å². The molecule has 6 nitrogen and oxygen atoms in total. The number of fused-ring (bicyclic) bond motifs is 1. The minimum atomic E-state index is -0.458. The summed E-state index contributed by atoms with van der Waals surface area (Å²) in [6, 6.07) is 13.3. The Morgan fingerprint density at radius 1 is 1.13 bits per heavy atom. The molecule has 4 rings (SSSR count). The van der Waals surface area contributed by atoms with Crippen LogP contribution in [0, 0.1) is 5.82 Å². The summed E-state index contributed by atoms with van der Waals surface area (Å²) in [7, 11) is 0. The summed E-state index contributed by atoms with van der Waals surface area (Å²) in [5, 5.41) is 13.6. The lowest BCUT2D eigenvalue weighted by Gasteiger charge is -2.14. The van der Waals surface area contributed by atoms with Crippen LogP contribution in [0.2, 0.25) is 0 Å². The van der Waals surface area contributed by atoms with E-state index in [0.717, 1.165) is 30.0 Å². The Bertz CT molecular complexity index is 1070. The molecule has 0 atom stereocenters. The molecular formula is C22H25ClFN5O. The summed E-state index contributed by atoms with van der Waals surface area (Å²) in [6.07, 6.45) is 0.958. The third-order valence-electron chi connectivity index (χ3n) is 4.85. The zero-order valence-electron chi connectivity index (χ0n) is 17.1. The van der Waals surface area contributed by atoms with Crippen LogP contribution in [0.15, 0.2) is 48.5 Å². The highest BCUT2D eigenvalue weighted by Crippen LogP contribution is 2.29. The molecule has 0 spiro atoms. The van der Waals surface area contributed by atoms with Crippen LogP contribution in [0.25, 0.3) is 5.69 Å². The number of halogens is 2. The van der Waals surface area contributed by atoms with Gasteiger partial charge in [-0.15, -0.1) is 12.4 Å². The van der Waals surface area contributed by atoms with Crippen molar-refractivity contribution in [2.75, 3.05) is 22.5 Å². The summed E-state index contributed by atoms with van der Waals surface area (Å²) < 4.78 is 15.1. The van der Waals surface area contributed by atoms with Gasteiger partial charge in [0.2, 0.25) is 0 Å². The molecule has 2 heterocycles. The lowest BCUT2D eigenvalue weighted by Crippen LogP contribution is -2.21. The standard InChI is InChI=1S/C22H24FN5O.ClH/c1-22(2,3)19-13-20(26-21(29)25-16-6-4-5-15(23)12-16)28(27-19)17-7-8-18-14(11-17)9-10-24-18;/h4-8,11-13,24H,9-10H2,1-3H3,(H2,25,26,29);1H. The molecule has 0 saturated carbocycles. The number of rotatable bonds is 3. The molecule has 0 bridgehead atoms. The van der Waals surface area contributed by atoms with Crippen molar-refractivity contribution in [3.63, 3.8) is 0 Å². The van der Waals surface area contributed by atoms with Gasteiger partial charge in [0.25, 0.3) is 0 Å². The number of carbonyl (C=O) groups is 1. The van der Waals surface area contributed by atoms with Crippen molar-refractivity contribution in [2.24, 2.45) is 0 Å². The van der Waals surface area contributed by atoms with Crippen LogP contribution in [-0.2, 0) is 11.8 Å². The molecule has 0 radical (unpaired) electrons. The lowest BCUT2D eigenvalue weighted by atomic mass is 9.92. The number of hydrogen-bond donors (Lipinski definition) is 3. The van der Waals surface area contributed by atoms with Crippen LogP contribution in [-0.4, -0.2) is 22.4 Å². The highest BCUT2D eigenvalue weighted by atomic mass is 35.5. The Labute approximate surface area is 181 Å². The first-order chi connectivity index (χ1) is 13.8. The van der Waals surface area contributed by atoms with E-state index in [1.54, 1.807) is 16.8 Å². The van der Waals surface area contributed by atoms with Gasteiger partial charge in [-0.1, -0.05) is 26.8 Å². The van der Waals surface area contributed by atoms with Crippen LogP contribution in [0.4, 0.5) is 26.4 Å². The summed E-state index contributed by atoms with van der Waals surface area (Å²) in [6.45, 7) is 7.14. The number of nitrogens with one attached hydrogen (secondary N) is 3. The average molecular weight is 430 g/mol. The molecule has 0 unspecified atom stereocenters. The van der Waals surface area contributed by atoms with Crippen LogP contribution in [0.3, 0.4) is 0 Å². The zero-order valence-corrected chi connectivity index (χ0v) is 17.9. The van der Waals surface area contributed by atoms with E-state index < -0.39 is 11.8 Å². The molecular weight excluding hydrogens is 405 g/mol. The quantitative estimate of drug-likeness (QED) is 0.526. The topological polar surface area (TPSA) is 71.0 Å². The first-order valence-electron chi connectivity index (χ1n) is 9.61. The minimum absolute atomic E-state index is 0. The number of nitrogens with zero attached hydrogens (tertiary/aromatic N) is 2. The second-order valence-corrected chi connectivity index (χ2v) is 8.18. The van der Waals surface area contributed by atoms with Gasteiger partial charge < -0.3 is 10.6 Å². The van der Waals surface area contributed by atoms with Gasteiger partial charge >= 0.3 is 6.03 Å². The number of benzene rings is 2. The van der Waals surface area contributed by atoms with E-state index in [0.29, 0.717) is 11.5 Å². The zero-order chi connectivity index (χ0) is 20.6. The lowest BCUT2D eigenvalue weighted by molar-refractivity contribution is 0.262. The van der Waals surface area contributed by atoms with Gasteiger partial charge in [0.15, 0.2) is 0 Å². The van der Waals surface area contributed by atoms with Gasteiger partial charge in [-0.05, 0) is 48.4 Å². The Kier molecular flexibility index (Phi) is 6.03. The summed E-state index contributed by atoms with van der Waals surface area (Å²) in [5.74, 6) is 0.143. The first-order valence-corrected chi connectivity index (χ1v) is 9.61. The predicted molar refractivity (Wildman–Crippen MR) is 121 cm³/mol. The Morgan fingerprint density at radius 3 is 2.67 bits per heavy atom. The fourth-order valence-electron chi connectivity index (χ4n) is 3.30. The number of hydrogen-bond acceptors (Lipinski definition) is 3. The van der Waals surface area contributed by atoms with Crippen molar-refractivity contribution in [3.8, 4) is 5.69 Å². The molecule has 3 N–H and O–H groups in total. The maximum absolute atomic E-state index is 13.4. The second-order valence-electron chi connectivity index (χ2n) is 8.18. The SMILES string of the molecule is CC(C)(C)c1cc(NC(=O)Nc2cccc(F)c2)n(-c2ccc3c(c2)CCN3)n1.Cl. The smallest absolute Gasteiger partial charge is 0.324 e. The Hall–Kier alpha value is -3.06. The summed E-state index contributed by atoms with van der Waals surface area (Å²) in [5.41, 5.74) is 4.30. The molecule has 8 heteroatoms. The van der Waals surface area contributed by atoms with E-state index >= 15 is 0 Å². The number of urea groups is 1. The molecule has 0 aliphatic carbocycles. The molecule has 2 amide bonds. The van der Waals surface area contributed by atoms with Gasteiger partial charge in [0.05, 0.1) is 11.4 Å². The van der Waals surface area contributed by atoms with E-state index in [9.17, 15) is 9.18 Å². The summed E-state index contributed by atoms with van der Waals surface area (Å²) in [4.78, 5) is 12.5. The van der Waals surface area contributed by atoms with Gasteiger partial charge in [-0.2, -0.15) is 5.10 Å². The van der Waals surface area contributed by atoms with Crippen LogP contribution in [0.5, 0.6) is 0 Å². The third kappa shape index (κ3) is 4.57. The molecule has 3 aromatic rings. The van der Waals surface area contributed by atoms with E-state index in [-0.39, 0.29) is 17.8 Å². The molecule has 1 aromatic heterocycles. The molecule has 0 fully saturated rings. The third-order valence-corrected chi connectivity index (χ3v) is 4.85. The normalized spacial score (nSPS) is 12.5. The minimum Gasteiger partial charge on any atom is -0.384 e. The van der Waals surface area contributed by atoms with Gasteiger partial charge in [-0.25, -0.2) is 13.9 Å². The largest absolute Gasteiger partial charge is 0.384 e. The van der Waals surface area contributed by atoms with Crippen LogP contribution < -0.4 is 16.0 Å². The molecule has 1 aliphatic heterocycles.